The van der Waals surface area contributed by atoms with E-state index < -0.39 is 40.3 Å². The van der Waals surface area contributed by atoms with Crippen molar-refractivity contribution in [1.82, 2.24) is 0 Å². The predicted molar refractivity (Wildman–Crippen MR) is 61.2 cm³/mol. The van der Waals surface area contributed by atoms with E-state index in [1.165, 1.54) is 12.1 Å². The van der Waals surface area contributed by atoms with Crippen LogP contribution in [0.3, 0.4) is 0 Å². The Labute approximate surface area is 110 Å². The minimum atomic E-state index is -4.92. The Bertz CT molecular complexity index is 661. The van der Waals surface area contributed by atoms with Crippen LogP contribution in [-0.4, -0.2) is 5.78 Å². The molecule has 104 valence electrons. The number of halogens is 5. The van der Waals surface area contributed by atoms with Gasteiger partial charge < -0.3 is 0 Å². The molecule has 0 aromatic heterocycles. The van der Waals surface area contributed by atoms with Crippen LogP contribution in [0.4, 0.5) is 22.0 Å². The zero-order chi connectivity index (χ0) is 14.9. The largest absolute Gasteiger partial charge is 0.419 e. The van der Waals surface area contributed by atoms with Gasteiger partial charge in [0.2, 0.25) is 0 Å². The average molecular weight is 286 g/mol. The molecule has 0 saturated heterocycles. The molecule has 0 spiro atoms. The Morgan fingerprint density at radius 2 is 1.45 bits per heavy atom. The predicted octanol–water partition coefficient (Wildman–Crippen LogP) is 4.21. The van der Waals surface area contributed by atoms with E-state index in [4.69, 9.17) is 0 Å². The molecule has 0 N–H and O–H groups in total. The van der Waals surface area contributed by atoms with Crippen LogP contribution in [-0.2, 0) is 6.18 Å². The second-order valence-corrected chi connectivity index (χ2v) is 3.97. The molecular formula is C14H7F5O. The normalized spacial score (nSPS) is 11.4. The van der Waals surface area contributed by atoms with Gasteiger partial charge in [0.15, 0.2) is 5.78 Å². The molecular weight excluding hydrogens is 279 g/mol. The second kappa shape index (κ2) is 5.03. The summed E-state index contributed by atoms with van der Waals surface area (Å²) in [5.74, 6) is -3.76. The van der Waals surface area contributed by atoms with Crippen molar-refractivity contribution in [2.75, 3.05) is 0 Å². The van der Waals surface area contributed by atoms with Crippen LogP contribution in [0.5, 0.6) is 0 Å². The van der Waals surface area contributed by atoms with E-state index in [1.54, 1.807) is 0 Å². The SMILES string of the molecule is O=C(c1ccccc1F)c1cccc(C(F)(F)F)c1F. The lowest BCUT2D eigenvalue weighted by Crippen LogP contribution is -2.13. The van der Waals surface area contributed by atoms with Gasteiger partial charge in [0, 0.05) is 0 Å². The van der Waals surface area contributed by atoms with E-state index in [9.17, 15) is 26.7 Å². The molecule has 0 heterocycles. The highest BCUT2D eigenvalue weighted by molar-refractivity contribution is 6.09. The minimum Gasteiger partial charge on any atom is -0.288 e. The Balaban J connectivity index is 2.55. The van der Waals surface area contributed by atoms with Crippen LogP contribution in [0.25, 0.3) is 0 Å². The number of ketones is 1. The Morgan fingerprint density at radius 3 is 2.05 bits per heavy atom. The smallest absolute Gasteiger partial charge is 0.288 e. The molecule has 2 aromatic rings. The third-order valence-corrected chi connectivity index (χ3v) is 2.67. The number of carbonyl (C=O) groups is 1. The summed E-state index contributed by atoms with van der Waals surface area (Å²) in [7, 11) is 0. The molecule has 0 aliphatic heterocycles. The molecule has 0 unspecified atom stereocenters. The lowest BCUT2D eigenvalue weighted by Gasteiger charge is -2.10. The van der Waals surface area contributed by atoms with Gasteiger partial charge in [-0.05, 0) is 24.3 Å². The maximum Gasteiger partial charge on any atom is 0.419 e. The van der Waals surface area contributed by atoms with E-state index in [0.29, 0.717) is 6.07 Å². The van der Waals surface area contributed by atoms with Gasteiger partial charge in [-0.2, -0.15) is 13.2 Å². The van der Waals surface area contributed by atoms with E-state index in [1.807, 2.05) is 0 Å². The molecule has 0 bridgehead atoms. The van der Waals surface area contributed by atoms with Crippen molar-refractivity contribution in [2.45, 2.75) is 6.18 Å². The van der Waals surface area contributed by atoms with Crippen LogP contribution in [0.15, 0.2) is 42.5 Å². The van der Waals surface area contributed by atoms with Crippen molar-refractivity contribution in [2.24, 2.45) is 0 Å². The van der Waals surface area contributed by atoms with Crippen LogP contribution >= 0.6 is 0 Å². The van der Waals surface area contributed by atoms with Crippen molar-refractivity contribution < 1.29 is 26.7 Å². The van der Waals surface area contributed by atoms with Crippen LogP contribution < -0.4 is 0 Å². The minimum absolute atomic E-state index is 0.481. The van der Waals surface area contributed by atoms with Gasteiger partial charge >= 0.3 is 6.18 Å². The third kappa shape index (κ3) is 2.54. The molecule has 20 heavy (non-hydrogen) atoms. The van der Waals surface area contributed by atoms with E-state index in [-0.39, 0.29) is 0 Å². The van der Waals surface area contributed by atoms with Gasteiger partial charge in [-0.25, -0.2) is 8.78 Å². The van der Waals surface area contributed by atoms with Gasteiger partial charge in [0.05, 0.1) is 16.7 Å². The summed E-state index contributed by atoms with van der Waals surface area (Å²) < 4.78 is 64.8. The summed E-state index contributed by atoms with van der Waals surface area (Å²) in [6.07, 6.45) is -4.92. The summed E-state index contributed by atoms with van der Waals surface area (Å²) in [6.45, 7) is 0. The maximum atomic E-state index is 13.8. The molecule has 0 atom stereocenters. The first kappa shape index (κ1) is 14.2. The number of hydrogen-bond acceptors (Lipinski definition) is 1. The van der Waals surface area contributed by atoms with E-state index in [0.717, 1.165) is 24.3 Å². The molecule has 6 heteroatoms. The molecule has 2 rings (SSSR count). The fourth-order valence-electron chi connectivity index (χ4n) is 1.72. The van der Waals surface area contributed by atoms with Gasteiger partial charge in [0.1, 0.15) is 11.6 Å². The van der Waals surface area contributed by atoms with Gasteiger partial charge in [-0.3, -0.25) is 4.79 Å². The Kier molecular flexibility index (Phi) is 3.57. The van der Waals surface area contributed by atoms with Crippen molar-refractivity contribution in [3.63, 3.8) is 0 Å². The number of rotatable bonds is 2. The molecule has 0 radical (unpaired) electrons. The zero-order valence-corrected chi connectivity index (χ0v) is 9.84. The quantitative estimate of drug-likeness (QED) is 0.597. The molecule has 2 aromatic carbocycles. The highest BCUT2D eigenvalue weighted by Gasteiger charge is 2.35. The van der Waals surface area contributed by atoms with Crippen molar-refractivity contribution in [3.8, 4) is 0 Å². The molecule has 1 nitrogen and oxygen atoms in total. The molecule has 0 saturated carbocycles. The standard InChI is InChI=1S/C14H7F5O/c15-11-7-2-1-4-8(11)13(20)9-5-3-6-10(12(9)16)14(17,18)19/h1-7H. The van der Waals surface area contributed by atoms with Crippen molar-refractivity contribution in [1.29, 1.82) is 0 Å². The molecule has 0 aliphatic carbocycles. The van der Waals surface area contributed by atoms with Crippen LogP contribution in [0, 0.1) is 11.6 Å². The molecule has 0 fully saturated rings. The lowest BCUT2D eigenvalue weighted by atomic mass is 10.00. The number of hydrogen-bond donors (Lipinski definition) is 0. The third-order valence-electron chi connectivity index (χ3n) is 2.67. The van der Waals surface area contributed by atoms with Crippen molar-refractivity contribution in [3.05, 3.63) is 70.8 Å². The monoisotopic (exact) mass is 286 g/mol. The first-order chi connectivity index (χ1) is 9.32. The zero-order valence-electron chi connectivity index (χ0n) is 9.84. The highest BCUT2D eigenvalue weighted by Crippen LogP contribution is 2.33. The summed E-state index contributed by atoms with van der Waals surface area (Å²) in [6, 6.07) is 7.01. The second-order valence-electron chi connectivity index (χ2n) is 3.97. The average Bonchev–Trinajstić information content (AvgIpc) is 2.37. The first-order valence-corrected chi connectivity index (χ1v) is 5.47. The fraction of sp³-hybridized carbons (Fsp3) is 0.0714. The van der Waals surface area contributed by atoms with Gasteiger partial charge in [-0.1, -0.05) is 18.2 Å². The van der Waals surface area contributed by atoms with Gasteiger partial charge in [0.25, 0.3) is 0 Å². The summed E-state index contributed by atoms with van der Waals surface area (Å²) in [4.78, 5) is 11.9. The van der Waals surface area contributed by atoms with Crippen molar-refractivity contribution >= 4 is 5.78 Å². The molecule has 0 aliphatic rings. The lowest BCUT2D eigenvalue weighted by molar-refractivity contribution is -0.140. The topological polar surface area (TPSA) is 17.1 Å². The Hall–Kier alpha value is -2.24. The number of benzene rings is 2. The number of carbonyl (C=O) groups excluding carboxylic acids is 1. The molecule has 0 amide bonds. The highest BCUT2D eigenvalue weighted by atomic mass is 19.4. The first-order valence-electron chi connectivity index (χ1n) is 5.47. The number of alkyl halides is 3. The summed E-state index contributed by atoms with van der Waals surface area (Å²) >= 11 is 0. The maximum absolute atomic E-state index is 13.8. The van der Waals surface area contributed by atoms with Crippen LogP contribution in [0.2, 0.25) is 0 Å². The van der Waals surface area contributed by atoms with E-state index in [2.05, 4.69) is 0 Å². The van der Waals surface area contributed by atoms with Crippen LogP contribution in [0.1, 0.15) is 21.5 Å². The van der Waals surface area contributed by atoms with Gasteiger partial charge in [-0.15, -0.1) is 0 Å². The van der Waals surface area contributed by atoms with E-state index >= 15 is 0 Å². The summed E-state index contributed by atoms with van der Waals surface area (Å²) in [5, 5.41) is 0. The Morgan fingerprint density at radius 1 is 0.850 bits per heavy atom. The fourth-order valence-corrected chi connectivity index (χ4v) is 1.72. The summed E-state index contributed by atoms with van der Waals surface area (Å²) in [5.41, 5.74) is -2.85.